The van der Waals surface area contributed by atoms with Crippen molar-refractivity contribution < 1.29 is 4.79 Å². The highest BCUT2D eigenvalue weighted by atomic mass is 24.3. The molecule has 0 heterocycles. The Kier molecular flexibility index (Phi) is 8.32. The normalized spacial score (nSPS) is 5.67. The predicted molar refractivity (Wildman–Crippen MR) is 25.5 cm³/mol. The molecule has 0 atom stereocenters. The molecule has 0 saturated carbocycles. The molecule has 1 amide bonds. The number of rotatable bonds is 1. The lowest BCUT2D eigenvalue weighted by Gasteiger charge is -1.93. The molecular formula is C3H7MgNO. The molecule has 0 rings (SSSR count). The van der Waals surface area contributed by atoms with Crippen molar-refractivity contribution in [1.82, 2.24) is 4.90 Å². The van der Waals surface area contributed by atoms with Crippen LogP contribution < -0.4 is 0 Å². The van der Waals surface area contributed by atoms with Gasteiger partial charge in [0.05, 0.1) is 0 Å². The van der Waals surface area contributed by atoms with Crippen molar-refractivity contribution in [2.45, 2.75) is 0 Å². The summed E-state index contributed by atoms with van der Waals surface area (Å²) in [6.07, 6.45) is 0.750. The minimum absolute atomic E-state index is 0. The molecule has 0 aromatic carbocycles. The zero-order chi connectivity index (χ0) is 4.28. The van der Waals surface area contributed by atoms with Crippen LogP contribution in [0.15, 0.2) is 0 Å². The average Bonchev–Trinajstić information content (AvgIpc) is 1.38. The molecular weight excluding hydrogens is 90.3 g/mol. The Labute approximate surface area is 53.7 Å². The van der Waals surface area contributed by atoms with Crippen molar-refractivity contribution in [1.29, 1.82) is 0 Å². The van der Waals surface area contributed by atoms with E-state index in [0.717, 1.165) is 6.41 Å². The van der Waals surface area contributed by atoms with Crippen LogP contribution in [0.4, 0.5) is 0 Å². The van der Waals surface area contributed by atoms with Crippen LogP contribution in [0.3, 0.4) is 0 Å². The van der Waals surface area contributed by atoms with Crippen molar-refractivity contribution in [3.63, 3.8) is 0 Å². The van der Waals surface area contributed by atoms with Crippen molar-refractivity contribution in [3.05, 3.63) is 0 Å². The molecule has 0 saturated heterocycles. The molecule has 0 aliphatic heterocycles. The summed E-state index contributed by atoms with van der Waals surface area (Å²) >= 11 is 0. The van der Waals surface area contributed by atoms with Gasteiger partial charge in [-0.1, -0.05) is 0 Å². The van der Waals surface area contributed by atoms with Crippen LogP contribution >= 0.6 is 0 Å². The van der Waals surface area contributed by atoms with E-state index in [4.69, 9.17) is 0 Å². The third kappa shape index (κ3) is 8.87. The van der Waals surface area contributed by atoms with Crippen LogP contribution in [0.2, 0.25) is 0 Å². The van der Waals surface area contributed by atoms with Gasteiger partial charge in [0.2, 0.25) is 6.41 Å². The standard InChI is InChI=1S/C3H7NO.Mg/c1-4(2)3-5;/h3H,1-2H3;. The molecule has 0 aromatic rings. The van der Waals surface area contributed by atoms with E-state index in [1.165, 1.54) is 4.90 Å². The van der Waals surface area contributed by atoms with Crippen LogP contribution in [0, 0.1) is 0 Å². The second kappa shape index (κ2) is 5.24. The first kappa shape index (κ1) is 9.53. The van der Waals surface area contributed by atoms with Crippen LogP contribution in [0.1, 0.15) is 0 Å². The largest absolute Gasteiger partial charge is 0.351 e. The minimum atomic E-state index is 0. The second-order valence-electron chi connectivity index (χ2n) is 1.07. The first-order chi connectivity index (χ1) is 2.27. The highest BCUT2D eigenvalue weighted by molar-refractivity contribution is 5.75. The lowest BCUT2D eigenvalue weighted by molar-refractivity contribution is -0.115. The first-order valence-corrected chi connectivity index (χ1v) is 1.39. The highest BCUT2D eigenvalue weighted by Crippen LogP contribution is 1.52. The lowest BCUT2D eigenvalue weighted by atomic mass is 11.0. The Balaban J connectivity index is 0. The average molecular weight is 97.4 g/mol. The molecule has 0 fully saturated rings. The van der Waals surface area contributed by atoms with E-state index in [1.807, 2.05) is 0 Å². The Morgan fingerprint density at radius 2 is 1.67 bits per heavy atom. The quantitative estimate of drug-likeness (QED) is 0.314. The van der Waals surface area contributed by atoms with Gasteiger partial charge >= 0.3 is 0 Å². The summed E-state index contributed by atoms with van der Waals surface area (Å²) in [5.41, 5.74) is 0. The van der Waals surface area contributed by atoms with Gasteiger partial charge in [0, 0.05) is 37.1 Å². The molecule has 3 heteroatoms. The van der Waals surface area contributed by atoms with Crippen LogP contribution in [0.5, 0.6) is 0 Å². The van der Waals surface area contributed by atoms with E-state index >= 15 is 0 Å². The predicted octanol–water partition coefficient (Wildman–Crippen LogP) is -0.676. The lowest BCUT2D eigenvalue weighted by Crippen LogP contribution is -2.06. The minimum Gasteiger partial charge on any atom is -0.351 e. The molecule has 0 aromatic heterocycles. The molecule has 0 unspecified atom stereocenters. The van der Waals surface area contributed by atoms with Crippen LogP contribution in [-0.2, 0) is 4.79 Å². The number of amides is 1. The van der Waals surface area contributed by atoms with Gasteiger partial charge in [-0.15, -0.1) is 0 Å². The molecule has 2 nitrogen and oxygen atoms in total. The van der Waals surface area contributed by atoms with Crippen molar-refractivity contribution >= 4 is 29.5 Å². The molecule has 0 spiro atoms. The summed E-state index contributed by atoms with van der Waals surface area (Å²) in [4.78, 5) is 10.9. The Morgan fingerprint density at radius 3 is 1.67 bits per heavy atom. The summed E-state index contributed by atoms with van der Waals surface area (Å²) in [6, 6.07) is 0. The van der Waals surface area contributed by atoms with Crippen LogP contribution in [0.25, 0.3) is 0 Å². The maximum Gasteiger partial charge on any atom is 0.209 e. The second-order valence-corrected chi connectivity index (χ2v) is 1.07. The Hall–Kier alpha value is 0.236. The van der Waals surface area contributed by atoms with E-state index in [1.54, 1.807) is 14.1 Å². The zero-order valence-corrected chi connectivity index (χ0v) is 5.55. The van der Waals surface area contributed by atoms with E-state index in [-0.39, 0.29) is 23.1 Å². The fourth-order valence-electron chi connectivity index (χ4n) is 0. The van der Waals surface area contributed by atoms with E-state index in [0.29, 0.717) is 0 Å². The molecule has 0 aliphatic carbocycles. The number of hydrogen-bond acceptors (Lipinski definition) is 1. The van der Waals surface area contributed by atoms with E-state index in [9.17, 15) is 4.79 Å². The SMILES string of the molecule is CN(C)C=O.[Mg]. The van der Waals surface area contributed by atoms with E-state index in [2.05, 4.69) is 0 Å². The van der Waals surface area contributed by atoms with Gasteiger partial charge in [0.15, 0.2) is 0 Å². The zero-order valence-electron chi connectivity index (χ0n) is 4.14. The number of hydrogen-bond donors (Lipinski definition) is 0. The van der Waals surface area contributed by atoms with Gasteiger partial charge in [-0.05, 0) is 0 Å². The molecule has 6 heavy (non-hydrogen) atoms. The summed E-state index contributed by atoms with van der Waals surface area (Å²) in [7, 11) is 3.38. The van der Waals surface area contributed by atoms with Gasteiger partial charge in [-0.2, -0.15) is 0 Å². The van der Waals surface area contributed by atoms with Crippen molar-refractivity contribution in [2.75, 3.05) is 14.1 Å². The molecule has 0 N–H and O–H groups in total. The maximum absolute atomic E-state index is 9.43. The molecule has 0 bridgehead atoms. The topological polar surface area (TPSA) is 20.3 Å². The van der Waals surface area contributed by atoms with Gasteiger partial charge < -0.3 is 4.90 Å². The van der Waals surface area contributed by atoms with E-state index < -0.39 is 0 Å². The third-order valence-electron chi connectivity index (χ3n) is 0.211. The van der Waals surface area contributed by atoms with Crippen molar-refractivity contribution in [2.24, 2.45) is 0 Å². The number of carbonyl (C=O) groups is 1. The maximum atomic E-state index is 9.43. The van der Waals surface area contributed by atoms with Gasteiger partial charge in [0.25, 0.3) is 0 Å². The molecule has 0 aliphatic rings. The van der Waals surface area contributed by atoms with Gasteiger partial charge in [-0.25, -0.2) is 0 Å². The summed E-state index contributed by atoms with van der Waals surface area (Å²) < 4.78 is 0. The smallest absolute Gasteiger partial charge is 0.209 e. The van der Waals surface area contributed by atoms with Gasteiger partial charge in [0.1, 0.15) is 0 Å². The monoisotopic (exact) mass is 97.0 g/mol. The fraction of sp³-hybridized carbons (Fsp3) is 0.667. The Morgan fingerprint density at radius 1 is 1.50 bits per heavy atom. The van der Waals surface area contributed by atoms with Gasteiger partial charge in [-0.3, -0.25) is 4.79 Å². The highest BCUT2D eigenvalue weighted by Gasteiger charge is 1.68. The number of nitrogens with zero attached hydrogens (tertiary/aromatic N) is 1. The molecule has 32 valence electrons. The van der Waals surface area contributed by atoms with Crippen molar-refractivity contribution in [3.8, 4) is 0 Å². The number of carbonyl (C=O) groups excluding carboxylic acids is 1. The summed E-state index contributed by atoms with van der Waals surface area (Å²) in [5, 5.41) is 0. The summed E-state index contributed by atoms with van der Waals surface area (Å²) in [5.74, 6) is 0. The fourth-order valence-corrected chi connectivity index (χ4v) is 0. The Bertz CT molecular complexity index is 37.8. The summed E-state index contributed by atoms with van der Waals surface area (Å²) in [6.45, 7) is 0. The third-order valence-corrected chi connectivity index (χ3v) is 0.211. The first-order valence-electron chi connectivity index (χ1n) is 1.39. The van der Waals surface area contributed by atoms with Crippen LogP contribution in [-0.4, -0.2) is 48.5 Å². The molecule has 2 radical (unpaired) electrons.